The number of aryl methyl sites for hydroxylation is 1. The van der Waals surface area contributed by atoms with Crippen LogP contribution in [0, 0.1) is 12.7 Å². The lowest BCUT2D eigenvalue weighted by Crippen LogP contribution is -2.46. The molecule has 10 heteroatoms. The van der Waals surface area contributed by atoms with Crippen molar-refractivity contribution < 1.29 is 28.0 Å². The number of esters is 1. The summed E-state index contributed by atoms with van der Waals surface area (Å²) in [5.41, 5.74) is -0.392. The summed E-state index contributed by atoms with van der Waals surface area (Å²) in [4.78, 5) is 36.3. The van der Waals surface area contributed by atoms with Crippen LogP contribution in [0.3, 0.4) is 0 Å². The Balaban J connectivity index is 1.61. The van der Waals surface area contributed by atoms with Crippen LogP contribution < -0.4 is 10.6 Å². The third-order valence-corrected chi connectivity index (χ3v) is 5.11. The smallest absolute Gasteiger partial charge is 0.344 e. The molecule has 0 saturated heterocycles. The predicted molar refractivity (Wildman–Crippen MR) is 105 cm³/mol. The number of hydrogen-bond donors (Lipinski definition) is 2. The van der Waals surface area contributed by atoms with Gasteiger partial charge in [0, 0.05) is 6.04 Å². The summed E-state index contributed by atoms with van der Waals surface area (Å²) in [5, 5.41) is 8.59. The van der Waals surface area contributed by atoms with Crippen LogP contribution in [0.15, 0.2) is 22.7 Å². The Morgan fingerprint density at radius 2 is 2.00 bits per heavy atom. The highest BCUT2D eigenvalue weighted by Gasteiger charge is 2.27. The number of imide groups is 1. The molecule has 1 aliphatic rings. The van der Waals surface area contributed by atoms with Crippen molar-refractivity contribution in [1.82, 2.24) is 15.8 Å². The monoisotopic (exact) mass is 437 g/mol. The molecule has 160 valence electrons. The van der Waals surface area contributed by atoms with Crippen molar-refractivity contribution in [1.29, 1.82) is 0 Å². The van der Waals surface area contributed by atoms with E-state index in [1.54, 1.807) is 0 Å². The fourth-order valence-electron chi connectivity index (χ4n) is 3.34. The van der Waals surface area contributed by atoms with Crippen LogP contribution in [0.5, 0.6) is 0 Å². The molecule has 1 heterocycles. The molecule has 2 N–H and O–H groups in total. The normalized spacial score (nSPS) is 14.2. The average Bonchev–Trinajstić information content (AvgIpc) is 3.08. The lowest BCUT2D eigenvalue weighted by atomic mass is 9.96. The van der Waals surface area contributed by atoms with Crippen LogP contribution in [0.1, 0.15) is 48.2 Å². The molecule has 0 aliphatic heterocycles. The van der Waals surface area contributed by atoms with E-state index in [0.29, 0.717) is 0 Å². The highest BCUT2D eigenvalue weighted by molar-refractivity contribution is 6.33. The lowest BCUT2D eigenvalue weighted by molar-refractivity contribution is -0.123. The number of hydrogen-bond acceptors (Lipinski definition) is 6. The minimum atomic E-state index is -0.953. The van der Waals surface area contributed by atoms with E-state index < -0.39 is 30.3 Å². The fraction of sp³-hybridized carbons (Fsp3) is 0.400. The van der Waals surface area contributed by atoms with E-state index in [4.69, 9.17) is 20.9 Å². The second kappa shape index (κ2) is 9.71. The Kier molecular flexibility index (Phi) is 7.04. The van der Waals surface area contributed by atoms with Gasteiger partial charge in [-0.05, 0) is 31.9 Å². The zero-order valence-corrected chi connectivity index (χ0v) is 17.1. The SMILES string of the molecule is Cc1onc(-c2c(F)cccc2Cl)c1C(=O)OCC(=O)NC(=O)NC1CCCCC1. The number of carbonyl (C=O) groups excluding carboxylic acids is 3. The van der Waals surface area contributed by atoms with Crippen LogP contribution >= 0.6 is 11.6 Å². The molecule has 1 aromatic carbocycles. The van der Waals surface area contributed by atoms with Crippen molar-refractivity contribution in [3.8, 4) is 11.3 Å². The zero-order valence-electron chi connectivity index (χ0n) is 16.3. The van der Waals surface area contributed by atoms with Gasteiger partial charge in [0.15, 0.2) is 6.61 Å². The van der Waals surface area contributed by atoms with Gasteiger partial charge in [-0.2, -0.15) is 0 Å². The number of nitrogens with one attached hydrogen (secondary N) is 2. The van der Waals surface area contributed by atoms with E-state index in [2.05, 4.69) is 15.8 Å². The van der Waals surface area contributed by atoms with Crippen LogP contribution in [0.2, 0.25) is 5.02 Å². The van der Waals surface area contributed by atoms with E-state index in [1.807, 2.05) is 0 Å². The van der Waals surface area contributed by atoms with E-state index in [0.717, 1.165) is 32.1 Å². The van der Waals surface area contributed by atoms with Crippen LogP contribution in [0.25, 0.3) is 11.3 Å². The number of benzene rings is 1. The molecular formula is C20H21ClFN3O5. The first-order valence-electron chi connectivity index (χ1n) is 9.55. The molecule has 1 aromatic heterocycles. The molecule has 1 aliphatic carbocycles. The van der Waals surface area contributed by atoms with Crippen LogP contribution in [-0.2, 0) is 9.53 Å². The van der Waals surface area contributed by atoms with Crippen molar-refractivity contribution in [3.05, 3.63) is 40.4 Å². The highest BCUT2D eigenvalue weighted by Crippen LogP contribution is 2.33. The summed E-state index contributed by atoms with van der Waals surface area (Å²) >= 11 is 6.03. The van der Waals surface area contributed by atoms with Crippen molar-refractivity contribution in [3.63, 3.8) is 0 Å². The third-order valence-electron chi connectivity index (χ3n) is 4.79. The fourth-order valence-corrected chi connectivity index (χ4v) is 3.59. The molecule has 30 heavy (non-hydrogen) atoms. The minimum absolute atomic E-state index is 0.0295. The van der Waals surface area contributed by atoms with Gasteiger partial charge >= 0.3 is 12.0 Å². The lowest BCUT2D eigenvalue weighted by Gasteiger charge is -2.22. The van der Waals surface area contributed by atoms with E-state index >= 15 is 0 Å². The molecule has 2 aromatic rings. The number of ether oxygens (including phenoxy) is 1. The molecule has 0 unspecified atom stereocenters. The number of amides is 3. The second-order valence-electron chi connectivity index (χ2n) is 6.99. The predicted octanol–water partition coefficient (Wildman–Crippen LogP) is 3.76. The van der Waals surface area contributed by atoms with E-state index in [-0.39, 0.29) is 33.6 Å². The Hall–Kier alpha value is -2.94. The van der Waals surface area contributed by atoms with Gasteiger partial charge in [-0.25, -0.2) is 14.0 Å². The summed E-state index contributed by atoms with van der Waals surface area (Å²) < 4.78 is 24.2. The van der Waals surface area contributed by atoms with Crippen molar-refractivity contribution in [2.75, 3.05) is 6.61 Å². The zero-order chi connectivity index (χ0) is 21.7. The number of urea groups is 1. The van der Waals surface area contributed by atoms with Gasteiger partial charge in [-0.1, -0.05) is 42.1 Å². The maximum Gasteiger partial charge on any atom is 0.344 e. The summed E-state index contributed by atoms with van der Waals surface area (Å²) in [6, 6.07) is 3.41. The molecule has 0 spiro atoms. The van der Waals surface area contributed by atoms with Crippen molar-refractivity contribution >= 4 is 29.5 Å². The first-order valence-corrected chi connectivity index (χ1v) is 9.92. The van der Waals surface area contributed by atoms with Crippen molar-refractivity contribution in [2.45, 2.75) is 45.1 Å². The number of halogens is 2. The average molecular weight is 438 g/mol. The molecule has 0 bridgehead atoms. The molecule has 1 fully saturated rings. The molecule has 3 amide bonds. The maximum absolute atomic E-state index is 14.2. The standard InChI is InChI=1S/C20H21ClFN3O5/c1-11-16(18(25-30-11)17-13(21)8-5-9-14(17)22)19(27)29-10-15(26)24-20(28)23-12-6-3-2-4-7-12/h5,8-9,12H,2-4,6-7,10H2,1H3,(H2,23,24,26,28). The first kappa shape index (κ1) is 21.8. The number of nitrogens with zero attached hydrogens (tertiary/aromatic N) is 1. The summed E-state index contributed by atoms with van der Waals surface area (Å²) in [5.74, 6) is -2.37. The molecule has 0 atom stereocenters. The quantitative estimate of drug-likeness (QED) is 0.689. The number of aromatic nitrogens is 1. The summed E-state index contributed by atoms with van der Waals surface area (Å²) in [7, 11) is 0. The maximum atomic E-state index is 14.2. The van der Waals surface area contributed by atoms with Crippen LogP contribution in [-0.4, -0.2) is 35.7 Å². The van der Waals surface area contributed by atoms with Gasteiger partial charge < -0.3 is 14.6 Å². The Bertz CT molecular complexity index is 936. The summed E-state index contributed by atoms with van der Waals surface area (Å²) in [6.07, 6.45) is 4.93. The Labute approximate surface area is 177 Å². The number of rotatable bonds is 5. The topological polar surface area (TPSA) is 111 Å². The van der Waals surface area contributed by atoms with Gasteiger partial charge in [0.25, 0.3) is 5.91 Å². The van der Waals surface area contributed by atoms with Crippen LogP contribution in [0.4, 0.5) is 9.18 Å². The molecular weight excluding hydrogens is 417 g/mol. The second-order valence-corrected chi connectivity index (χ2v) is 7.40. The molecule has 0 radical (unpaired) electrons. The Morgan fingerprint density at radius 1 is 1.27 bits per heavy atom. The summed E-state index contributed by atoms with van der Waals surface area (Å²) in [6.45, 7) is 0.742. The van der Waals surface area contributed by atoms with Crippen molar-refractivity contribution in [2.24, 2.45) is 0 Å². The molecule has 3 rings (SSSR count). The number of carbonyl (C=O) groups is 3. The minimum Gasteiger partial charge on any atom is -0.452 e. The largest absolute Gasteiger partial charge is 0.452 e. The van der Waals surface area contributed by atoms with Gasteiger partial charge in [-0.3, -0.25) is 10.1 Å². The van der Waals surface area contributed by atoms with Gasteiger partial charge in [0.05, 0.1) is 10.6 Å². The van der Waals surface area contributed by atoms with E-state index in [9.17, 15) is 18.8 Å². The highest BCUT2D eigenvalue weighted by atomic mass is 35.5. The van der Waals surface area contributed by atoms with E-state index in [1.165, 1.54) is 25.1 Å². The molecule has 1 saturated carbocycles. The molecule has 8 nitrogen and oxygen atoms in total. The van der Waals surface area contributed by atoms with Gasteiger partial charge in [0.1, 0.15) is 22.8 Å². The van der Waals surface area contributed by atoms with Gasteiger partial charge in [0.2, 0.25) is 0 Å². The first-order chi connectivity index (χ1) is 14.4. The third kappa shape index (κ3) is 5.15. The Morgan fingerprint density at radius 3 is 2.70 bits per heavy atom. The van der Waals surface area contributed by atoms with Gasteiger partial charge in [-0.15, -0.1) is 0 Å².